The van der Waals surface area contributed by atoms with Crippen molar-refractivity contribution in [3.8, 4) is 62.4 Å². The highest BCUT2D eigenvalue weighted by Crippen LogP contribution is 2.42. The van der Waals surface area contributed by atoms with E-state index >= 15 is 0 Å². The Hall–Kier alpha value is -8.87. The van der Waals surface area contributed by atoms with Crippen LogP contribution in [0.25, 0.3) is 117 Å². The van der Waals surface area contributed by atoms with E-state index in [1.807, 2.05) is 36.4 Å². The predicted octanol–water partition coefficient (Wildman–Crippen LogP) is 15.0. The smallest absolute Gasteiger partial charge is 0.164 e. The van der Waals surface area contributed by atoms with Crippen molar-refractivity contribution < 1.29 is 0 Å². The molecule has 13 rings (SSSR count). The van der Waals surface area contributed by atoms with Gasteiger partial charge < -0.3 is 13.7 Å². The molecule has 4 heterocycles. The van der Waals surface area contributed by atoms with Gasteiger partial charge in [-0.1, -0.05) is 133 Å². The number of aryl methyl sites for hydroxylation is 1. The first kappa shape index (κ1) is 37.7. The van der Waals surface area contributed by atoms with E-state index in [9.17, 15) is 0 Å². The first-order chi connectivity index (χ1) is 32.6. The molecule has 0 spiro atoms. The van der Waals surface area contributed by atoms with Gasteiger partial charge in [-0.2, -0.15) is 0 Å². The van der Waals surface area contributed by atoms with E-state index in [4.69, 9.17) is 15.0 Å². The number of aromatic nitrogens is 6. The van der Waals surface area contributed by atoms with Crippen LogP contribution in [0, 0.1) is 6.92 Å². The Morgan fingerprint density at radius 2 is 0.818 bits per heavy atom. The quantitative estimate of drug-likeness (QED) is 0.161. The molecule has 0 aliphatic heterocycles. The summed E-state index contributed by atoms with van der Waals surface area (Å²) < 4.78 is 7.10. The largest absolute Gasteiger partial charge is 0.316 e. The van der Waals surface area contributed by atoms with Crippen LogP contribution in [0.4, 0.5) is 0 Å². The maximum absolute atomic E-state index is 5.14. The van der Waals surface area contributed by atoms with E-state index in [0.29, 0.717) is 17.5 Å². The minimum atomic E-state index is 0.625. The Kier molecular flexibility index (Phi) is 8.64. The topological polar surface area (TPSA) is 53.5 Å². The number of nitrogens with zero attached hydrogens (tertiary/aromatic N) is 6. The summed E-state index contributed by atoms with van der Waals surface area (Å²) in [6, 6.07) is 77.7. The minimum Gasteiger partial charge on any atom is -0.316 e. The minimum absolute atomic E-state index is 0.625. The second-order valence-electron chi connectivity index (χ2n) is 17.0. The van der Waals surface area contributed by atoms with Gasteiger partial charge in [-0.05, 0) is 109 Å². The number of fused-ring (bicyclic) bond motifs is 8. The second kappa shape index (κ2) is 15.1. The van der Waals surface area contributed by atoms with Gasteiger partial charge in [0, 0.05) is 66.9 Å². The summed E-state index contributed by atoms with van der Waals surface area (Å²) in [5.41, 5.74) is 15.4. The van der Waals surface area contributed by atoms with Gasteiger partial charge in [0.1, 0.15) is 0 Å². The maximum Gasteiger partial charge on any atom is 0.164 e. The van der Waals surface area contributed by atoms with E-state index in [2.05, 4.69) is 209 Å². The molecular weight excluding hydrogens is 805 g/mol. The van der Waals surface area contributed by atoms with E-state index in [1.165, 1.54) is 49.1 Å². The van der Waals surface area contributed by atoms with Crippen LogP contribution < -0.4 is 0 Å². The van der Waals surface area contributed by atoms with Crippen molar-refractivity contribution in [1.29, 1.82) is 0 Å². The summed E-state index contributed by atoms with van der Waals surface area (Å²) in [7, 11) is 0. The van der Waals surface area contributed by atoms with E-state index in [1.54, 1.807) is 0 Å². The van der Waals surface area contributed by atoms with Crippen molar-refractivity contribution in [3.63, 3.8) is 0 Å². The molecule has 0 radical (unpaired) electrons. The molecule has 0 fully saturated rings. The zero-order valence-corrected chi connectivity index (χ0v) is 36.0. The summed E-state index contributed by atoms with van der Waals surface area (Å²) in [5.74, 6) is 1.90. The van der Waals surface area contributed by atoms with Crippen LogP contribution in [0.15, 0.2) is 225 Å². The van der Waals surface area contributed by atoms with Crippen LogP contribution >= 0.6 is 0 Å². The van der Waals surface area contributed by atoms with Gasteiger partial charge in [0.2, 0.25) is 0 Å². The Labute approximate surface area is 381 Å². The molecule has 6 heteroatoms. The summed E-state index contributed by atoms with van der Waals surface area (Å²) in [6.45, 7) is 2.16. The van der Waals surface area contributed by atoms with Crippen molar-refractivity contribution in [2.75, 3.05) is 0 Å². The number of rotatable bonds is 7. The standard InChI is InChI=1S/C60H40N6/c1-39-34-44(60-62-58(40-16-6-2-7-17-40)61-59(63-60)41-18-8-3-9-19-41)36-47(35-39)66-56-30-27-43(38-52(56)49-28-31-53-50(57(49)66)32-33-64(53)45-20-10-4-11-21-45)42-26-29-55-51(37-42)48-24-14-15-25-54(48)65(55)46-22-12-5-13-23-46/h2-38H,1H3. The molecule has 0 saturated carbocycles. The molecule has 4 aromatic heterocycles. The van der Waals surface area contributed by atoms with Crippen LogP contribution in [0.2, 0.25) is 0 Å². The lowest BCUT2D eigenvalue weighted by Gasteiger charge is -2.14. The molecule has 9 aromatic carbocycles. The summed E-state index contributed by atoms with van der Waals surface area (Å²) in [5, 5.41) is 6.01. The fourth-order valence-corrected chi connectivity index (χ4v) is 9.95. The molecule has 0 atom stereocenters. The Bertz CT molecular complexity index is 3920. The monoisotopic (exact) mass is 844 g/mol. The maximum atomic E-state index is 5.14. The molecule has 0 amide bonds. The van der Waals surface area contributed by atoms with Gasteiger partial charge in [0.25, 0.3) is 0 Å². The lowest BCUT2D eigenvalue weighted by Crippen LogP contribution is -2.02. The predicted molar refractivity (Wildman–Crippen MR) is 272 cm³/mol. The summed E-state index contributed by atoms with van der Waals surface area (Å²) >= 11 is 0. The van der Waals surface area contributed by atoms with E-state index in [-0.39, 0.29) is 0 Å². The first-order valence-electron chi connectivity index (χ1n) is 22.3. The van der Waals surface area contributed by atoms with Crippen molar-refractivity contribution in [2.24, 2.45) is 0 Å². The molecule has 310 valence electrons. The molecule has 0 N–H and O–H groups in total. The number of hydrogen-bond donors (Lipinski definition) is 0. The van der Waals surface area contributed by atoms with Gasteiger partial charge in [-0.15, -0.1) is 0 Å². The van der Waals surface area contributed by atoms with Crippen molar-refractivity contribution in [2.45, 2.75) is 6.92 Å². The molecule has 0 aliphatic carbocycles. The number of para-hydroxylation sites is 3. The molecular formula is C60H40N6. The molecule has 0 aliphatic rings. The number of hydrogen-bond acceptors (Lipinski definition) is 3. The lowest BCUT2D eigenvalue weighted by atomic mass is 10.0. The normalized spacial score (nSPS) is 11.7. The van der Waals surface area contributed by atoms with Crippen LogP contribution in [0.1, 0.15) is 5.56 Å². The van der Waals surface area contributed by atoms with Crippen molar-refractivity contribution in [3.05, 3.63) is 230 Å². The summed E-state index contributed by atoms with van der Waals surface area (Å²) in [4.78, 5) is 15.3. The van der Waals surface area contributed by atoms with Gasteiger partial charge in [0.15, 0.2) is 17.5 Å². The van der Waals surface area contributed by atoms with Gasteiger partial charge in [0.05, 0.1) is 27.6 Å². The zero-order chi connectivity index (χ0) is 43.7. The number of benzene rings is 9. The van der Waals surface area contributed by atoms with Gasteiger partial charge in [-0.25, -0.2) is 15.0 Å². The Balaban J connectivity index is 1.03. The van der Waals surface area contributed by atoms with Crippen LogP contribution in [-0.2, 0) is 0 Å². The van der Waals surface area contributed by atoms with Crippen LogP contribution in [0.3, 0.4) is 0 Å². The summed E-state index contributed by atoms with van der Waals surface area (Å²) in [6.07, 6.45) is 2.19. The average Bonchev–Trinajstić information content (AvgIpc) is 4.07. The SMILES string of the molecule is Cc1cc(-c2nc(-c3ccccc3)nc(-c3ccccc3)n2)cc(-n2c3ccc(-c4ccc5c(c4)c4ccccc4n5-c4ccccc4)cc3c3ccc4c(ccn4-c4ccccc4)c32)c1. The van der Waals surface area contributed by atoms with E-state index in [0.717, 1.165) is 55.9 Å². The third-order valence-electron chi connectivity index (χ3n) is 12.9. The molecule has 13 aromatic rings. The van der Waals surface area contributed by atoms with Crippen molar-refractivity contribution >= 4 is 54.5 Å². The third kappa shape index (κ3) is 6.15. The molecule has 66 heavy (non-hydrogen) atoms. The molecule has 6 nitrogen and oxygen atoms in total. The highest BCUT2D eigenvalue weighted by atomic mass is 15.0. The Morgan fingerprint density at radius 1 is 0.303 bits per heavy atom. The highest BCUT2D eigenvalue weighted by molar-refractivity contribution is 6.19. The van der Waals surface area contributed by atoms with Gasteiger partial charge in [-0.3, -0.25) is 0 Å². The molecule has 0 saturated heterocycles. The third-order valence-corrected chi connectivity index (χ3v) is 12.9. The molecule has 0 unspecified atom stereocenters. The highest BCUT2D eigenvalue weighted by Gasteiger charge is 2.21. The zero-order valence-electron chi connectivity index (χ0n) is 36.0. The second-order valence-corrected chi connectivity index (χ2v) is 17.0. The average molecular weight is 845 g/mol. The van der Waals surface area contributed by atoms with Crippen LogP contribution in [0.5, 0.6) is 0 Å². The molecule has 0 bridgehead atoms. The van der Waals surface area contributed by atoms with Crippen molar-refractivity contribution in [1.82, 2.24) is 28.7 Å². The van der Waals surface area contributed by atoms with E-state index < -0.39 is 0 Å². The van der Waals surface area contributed by atoms with Gasteiger partial charge >= 0.3 is 0 Å². The Morgan fingerprint density at radius 3 is 1.47 bits per heavy atom. The fourth-order valence-electron chi connectivity index (χ4n) is 9.95. The van der Waals surface area contributed by atoms with Crippen LogP contribution in [-0.4, -0.2) is 28.7 Å². The first-order valence-corrected chi connectivity index (χ1v) is 22.3. The lowest BCUT2D eigenvalue weighted by molar-refractivity contribution is 1.07. The fraction of sp³-hybridized carbons (Fsp3) is 0.0167.